The number of hydrogen-bond donors (Lipinski definition) is 3. The molecule has 1 atom stereocenters. The van der Waals surface area contributed by atoms with Crippen LogP contribution in [0.25, 0.3) is 0 Å². The predicted octanol–water partition coefficient (Wildman–Crippen LogP) is -0.670. The van der Waals surface area contributed by atoms with Gasteiger partial charge in [0.1, 0.15) is 17.1 Å². The largest absolute Gasteiger partial charge is 0.481 e. The molecule has 0 amide bonds. The average Bonchev–Trinajstić information content (AvgIpc) is 1.97. The molecular weight excluding hydrogens is 212 g/mol. The molecule has 6 nitrogen and oxygen atoms in total. The third-order valence-electron chi connectivity index (χ3n) is 2.56. The van der Waals surface area contributed by atoms with E-state index in [2.05, 4.69) is 5.32 Å². The molecule has 0 aliphatic carbocycles. The number of rotatable bonds is 3. The summed E-state index contributed by atoms with van der Waals surface area (Å²) in [5.74, 6) is -1.74. The molecular formula is C10H18N2O4. The Bertz CT molecular complexity index is 304. The van der Waals surface area contributed by atoms with Gasteiger partial charge in [-0.1, -0.05) is 0 Å². The number of carbonyl (C=O) groups is 2. The average molecular weight is 230 g/mol. The molecule has 92 valence electrons. The minimum Gasteiger partial charge on any atom is -0.481 e. The molecule has 16 heavy (non-hydrogen) atoms. The van der Waals surface area contributed by atoms with E-state index in [-0.39, 0.29) is 13.1 Å². The number of carboxylic acid groups (broad SMARTS) is 1. The van der Waals surface area contributed by atoms with Crippen molar-refractivity contribution in [1.29, 1.82) is 0 Å². The number of nitrogens with one attached hydrogen (secondary N) is 1. The molecule has 0 bridgehead atoms. The Hall–Kier alpha value is -1.14. The Kier molecular flexibility index (Phi) is 3.25. The van der Waals surface area contributed by atoms with Crippen LogP contribution in [0.15, 0.2) is 0 Å². The second kappa shape index (κ2) is 4.03. The van der Waals surface area contributed by atoms with Crippen LogP contribution < -0.4 is 11.1 Å². The van der Waals surface area contributed by atoms with E-state index in [4.69, 9.17) is 15.6 Å². The summed E-state index contributed by atoms with van der Waals surface area (Å²) in [4.78, 5) is 22.8. The zero-order chi connectivity index (χ0) is 12.6. The van der Waals surface area contributed by atoms with Crippen LogP contribution >= 0.6 is 0 Å². The van der Waals surface area contributed by atoms with Gasteiger partial charge in [0.25, 0.3) is 0 Å². The van der Waals surface area contributed by atoms with Gasteiger partial charge in [0, 0.05) is 13.1 Å². The van der Waals surface area contributed by atoms with E-state index in [1.165, 1.54) is 0 Å². The fraction of sp³-hybridized carbons (Fsp3) is 0.800. The van der Waals surface area contributed by atoms with Crippen LogP contribution in [0.4, 0.5) is 0 Å². The number of aliphatic carboxylic acids is 1. The highest BCUT2D eigenvalue weighted by molar-refractivity contribution is 5.88. The fourth-order valence-corrected chi connectivity index (χ4v) is 1.49. The van der Waals surface area contributed by atoms with Gasteiger partial charge >= 0.3 is 11.9 Å². The van der Waals surface area contributed by atoms with E-state index in [9.17, 15) is 9.59 Å². The van der Waals surface area contributed by atoms with Gasteiger partial charge in [-0.05, 0) is 20.8 Å². The van der Waals surface area contributed by atoms with E-state index in [1.807, 2.05) is 0 Å². The first-order valence-electron chi connectivity index (χ1n) is 5.12. The standard InChI is InChI=1S/C10H18N2O4/c1-9(2,3)16-7(13)6(11)10(8(14)15)4-12-5-10/h6,12H,4-5,11H2,1-3H3,(H,14,15)/t6-/m0/s1. The smallest absolute Gasteiger partial charge is 0.324 e. The molecule has 1 aliphatic rings. The molecule has 0 aromatic rings. The molecule has 1 fully saturated rings. The molecule has 0 aromatic carbocycles. The molecule has 1 heterocycles. The van der Waals surface area contributed by atoms with Crippen molar-refractivity contribution in [2.45, 2.75) is 32.4 Å². The lowest BCUT2D eigenvalue weighted by molar-refractivity contribution is -0.170. The van der Waals surface area contributed by atoms with E-state index >= 15 is 0 Å². The summed E-state index contributed by atoms with van der Waals surface area (Å²) in [6.45, 7) is 5.53. The zero-order valence-electron chi connectivity index (χ0n) is 9.74. The molecule has 0 aromatic heterocycles. The van der Waals surface area contributed by atoms with Crippen molar-refractivity contribution >= 4 is 11.9 Å². The van der Waals surface area contributed by atoms with E-state index in [1.54, 1.807) is 20.8 Å². The van der Waals surface area contributed by atoms with Gasteiger partial charge in [0.15, 0.2) is 0 Å². The van der Waals surface area contributed by atoms with Crippen molar-refractivity contribution in [2.24, 2.45) is 11.1 Å². The van der Waals surface area contributed by atoms with Gasteiger partial charge in [-0.25, -0.2) is 0 Å². The molecule has 0 radical (unpaired) electrons. The molecule has 0 saturated carbocycles. The van der Waals surface area contributed by atoms with Gasteiger partial charge in [-0.3, -0.25) is 9.59 Å². The number of carbonyl (C=O) groups excluding carboxylic acids is 1. The second-order valence-corrected chi connectivity index (χ2v) is 5.08. The Balaban J connectivity index is 2.73. The minimum atomic E-state index is -1.22. The SMILES string of the molecule is CC(C)(C)OC(=O)[C@H](N)C1(C(=O)O)CNC1. The summed E-state index contributed by atoms with van der Waals surface area (Å²) in [6.07, 6.45) is 0. The maximum Gasteiger partial charge on any atom is 0.324 e. The number of hydrogen-bond acceptors (Lipinski definition) is 5. The molecule has 6 heteroatoms. The van der Waals surface area contributed by atoms with Crippen molar-refractivity contribution in [3.8, 4) is 0 Å². The minimum absolute atomic E-state index is 0.197. The monoisotopic (exact) mass is 230 g/mol. The van der Waals surface area contributed by atoms with Crippen molar-refractivity contribution in [3.05, 3.63) is 0 Å². The van der Waals surface area contributed by atoms with Gasteiger partial charge in [0.2, 0.25) is 0 Å². The lowest BCUT2D eigenvalue weighted by atomic mass is 9.75. The van der Waals surface area contributed by atoms with Crippen LogP contribution in [0, 0.1) is 5.41 Å². The van der Waals surface area contributed by atoms with E-state index in [0.717, 1.165) is 0 Å². The van der Waals surface area contributed by atoms with E-state index < -0.39 is 29.0 Å². The van der Waals surface area contributed by atoms with Gasteiger partial charge in [-0.15, -0.1) is 0 Å². The zero-order valence-corrected chi connectivity index (χ0v) is 9.74. The molecule has 0 unspecified atom stereocenters. The molecule has 1 aliphatic heterocycles. The van der Waals surface area contributed by atoms with Crippen LogP contribution in [0.5, 0.6) is 0 Å². The lowest BCUT2D eigenvalue weighted by Gasteiger charge is -2.42. The first kappa shape index (κ1) is 12.9. The highest BCUT2D eigenvalue weighted by atomic mass is 16.6. The highest BCUT2D eigenvalue weighted by Crippen LogP contribution is 2.28. The Labute approximate surface area is 94.1 Å². The fourth-order valence-electron chi connectivity index (χ4n) is 1.49. The summed E-state index contributed by atoms with van der Waals surface area (Å²) in [7, 11) is 0. The summed E-state index contributed by atoms with van der Waals surface area (Å²) in [6, 6.07) is -1.13. The van der Waals surface area contributed by atoms with Crippen molar-refractivity contribution in [1.82, 2.24) is 5.32 Å². The summed E-state index contributed by atoms with van der Waals surface area (Å²) in [5, 5.41) is 11.9. The molecule has 0 spiro atoms. The third kappa shape index (κ3) is 2.33. The van der Waals surface area contributed by atoms with Crippen molar-refractivity contribution in [2.75, 3.05) is 13.1 Å². The summed E-state index contributed by atoms with van der Waals surface area (Å²) < 4.78 is 5.08. The van der Waals surface area contributed by atoms with Gasteiger partial charge < -0.3 is 20.9 Å². The summed E-state index contributed by atoms with van der Waals surface area (Å²) in [5.41, 5.74) is 3.79. The topological polar surface area (TPSA) is 102 Å². The maximum absolute atomic E-state index is 11.7. The number of carboxylic acids is 1. The molecule has 1 saturated heterocycles. The van der Waals surface area contributed by atoms with Crippen molar-refractivity contribution < 1.29 is 19.4 Å². The quantitative estimate of drug-likeness (QED) is 0.556. The normalized spacial score (nSPS) is 20.8. The third-order valence-corrected chi connectivity index (χ3v) is 2.56. The van der Waals surface area contributed by atoms with E-state index in [0.29, 0.717) is 0 Å². The summed E-state index contributed by atoms with van der Waals surface area (Å²) >= 11 is 0. The Morgan fingerprint density at radius 3 is 2.19 bits per heavy atom. The first-order valence-corrected chi connectivity index (χ1v) is 5.12. The van der Waals surface area contributed by atoms with Crippen LogP contribution in [-0.4, -0.2) is 41.8 Å². The van der Waals surface area contributed by atoms with Crippen LogP contribution in [-0.2, 0) is 14.3 Å². The van der Waals surface area contributed by atoms with Crippen LogP contribution in [0.2, 0.25) is 0 Å². The lowest BCUT2D eigenvalue weighted by Crippen LogP contribution is -2.69. The van der Waals surface area contributed by atoms with Crippen LogP contribution in [0.3, 0.4) is 0 Å². The predicted molar refractivity (Wildman–Crippen MR) is 56.8 cm³/mol. The molecule has 4 N–H and O–H groups in total. The second-order valence-electron chi connectivity index (χ2n) is 5.08. The van der Waals surface area contributed by atoms with Gasteiger partial charge in [-0.2, -0.15) is 0 Å². The number of esters is 1. The Morgan fingerprint density at radius 2 is 1.94 bits per heavy atom. The van der Waals surface area contributed by atoms with Gasteiger partial charge in [0.05, 0.1) is 0 Å². The van der Waals surface area contributed by atoms with Crippen molar-refractivity contribution in [3.63, 3.8) is 0 Å². The highest BCUT2D eigenvalue weighted by Gasteiger charge is 2.53. The first-order chi connectivity index (χ1) is 7.19. The molecule has 1 rings (SSSR count). The Morgan fingerprint density at radius 1 is 1.44 bits per heavy atom. The number of ether oxygens (including phenoxy) is 1. The number of nitrogens with two attached hydrogens (primary N) is 1. The van der Waals surface area contributed by atoms with Crippen LogP contribution in [0.1, 0.15) is 20.8 Å². The maximum atomic E-state index is 11.7.